The lowest BCUT2D eigenvalue weighted by Gasteiger charge is -2.17. The van der Waals surface area contributed by atoms with Gasteiger partial charge in [0.2, 0.25) is 5.89 Å². The molecule has 0 aliphatic carbocycles. The number of aryl methyl sites for hydroxylation is 1. The molecule has 6 heteroatoms. The first-order valence-electron chi connectivity index (χ1n) is 8.75. The van der Waals surface area contributed by atoms with E-state index in [1.54, 1.807) is 0 Å². The summed E-state index contributed by atoms with van der Waals surface area (Å²) < 4.78 is 11.4. The minimum absolute atomic E-state index is 0.209. The van der Waals surface area contributed by atoms with Gasteiger partial charge in [0.15, 0.2) is 5.82 Å². The van der Waals surface area contributed by atoms with Gasteiger partial charge in [-0.2, -0.15) is 4.98 Å². The highest BCUT2D eigenvalue weighted by Crippen LogP contribution is 2.39. The molecule has 0 spiro atoms. The fourth-order valence-electron chi connectivity index (χ4n) is 4.07. The number of rotatable bonds is 3. The van der Waals surface area contributed by atoms with Crippen molar-refractivity contribution in [2.45, 2.75) is 25.5 Å². The standard InChI is InChI=1S/C19H20N4O2/c1-12-20-19(25-22-12)16-11-24-18-10-23(9-15(16)18)8-14-7-6-13-4-2-3-5-17(13)21-14/h2-7,15-16,18H,8-11H2,1H3/t15-,16+,18-/m1/s1. The maximum absolute atomic E-state index is 6.00. The van der Waals surface area contributed by atoms with E-state index in [0.717, 1.165) is 36.7 Å². The number of likely N-dealkylation sites (tertiary alicyclic amines) is 1. The normalized spacial score (nSPS) is 26.4. The summed E-state index contributed by atoms with van der Waals surface area (Å²) in [6.45, 7) is 5.29. The fraction of sp³-hybridized carbons (Fsp3) is 0.421. The molecule has 0 radical (unpaired) electrons. The Hall–Kier alpha value is -2.31. The number of pyridine rings is 1. The molecule has 2 saturated heterocycles. The van der Waals surface area contributed by atoms with Gasteiger partial charge in [-0.1, -0.05) is 29.4 Å². The van der Waals surface area contributed by atoms with Crippen molar-refractivity contribution in [2.75, 3.05) is 19.7 Å². The lowest BCUT2D eigenvalue weighted by atomic mass is 9.93. The van der Waals surface area contributed by atoms with Gasteiger partial charge >= 0.3 is 0 Å². The van der Waals surface area contributed by atoms with Gasteiger partial charge in [0.25, 0.3) is 0 Å². The highest BCUT2D eigenvalue weighted by atomic mass is 16.5. The Bertz CT molecular complexity index is 909. The topological polar surface area (TPSA) is 64.3 Å². The second kappa shape index (κ2) is 5.89. The molecule has 0 bridgehead atoms. The molecule has 2 fully saturated rings. The molecule has 2 aromatic heterocycles. The zero-order chi connectivity index (χ0) is 16.8. The molecule has 4 heterocycles. The maximum Gasteiger partial charge on any atom is 0.232 e. The van der Waals surface area contributed by atoms with Gasteiger partial charge in [0.05, 0.1) is 29.8 Å². The molecule has 2 aliphatic heterocycles. The maximum atomic E-state index is 6.00. The summed E-state index contributed by atoms with van der Waals surface area (Å²) in [7, 11) is 0. The van der Waals surface area contributed by atoms with Gasteiger partial charge in [0.1, 0.15) is 0 Å². The van der Waals surface area contributed by atoms with Gasteiger partial charge in [0, 0.05) is 30.9 Å². The summed E-state index contributed by atoms with van der Waals surface area (Å²) in [5.41, 5.74) is 2.15. The van der Waals surface area contributed by atoms with Crippen LogP contribution in [0.1, 0.15) is 23.3 Å². The number of para-hydroxylation sites is 1. The Balaban J connectivity index is 1.31. The average molecular weight is 336 g/mol. The van der Waals surface area contributed by atoms with Gasteiger partial charge < -0.3 is 9.26 Å². The molecule has 0 saturated carbocycles. The summed E-state index contributed by atoms with van der Waals surface area (Å²) in [5, 5.41) is 5.11. The molecule has 5 rings (SSSR count). The molecule has 25 heavy (non-hydrogen) atoms. The van der Waals surface area contributed by atoms with E-state index in [-0.39, 0.29) is 12.0 Å². The fourth-order valence-corrected chi connectivity index (χ4v) is 4.07. The third-order valence-electron chi connectivity index (χ3n) is 5.29. The molecule has 6 nitrogen and oxygen atoms in total. The molecular weight excluding hydrogens is 316 g/mol. The second-order valence-corrected chi connectivity index (χ2v) is 7.01. The third-order valence-corrected chi connectivity index (χ3v) is 5.29. The van der Waals surface area contributed by atoms with Crippen LogP contribution in [0, 0.1) is 12.8 Å². The number of aromatic nitrogens is 3. The largest absolute Gasteiger partial charge is 0.376 e. The summed E-state index contributed by atoms with van der Waals surface area (Å²) in [6.07, 6.45) is 0.248. The highest BCUT2D eigenvalue weighted by Gasteiger charge is 2.46. The quantitative estimate of drug-likeness (QED) is 0.732. The number of fused-ring (bicyclic) bond motifs is 2. The van der Waals surface area contributed by atoms with E-state index in [2.05, 4.69) is 39.3 Å². The molecule has 2 aliphatic rings. The Kier molecular flexibility index (Phi) is 3.53. The second-order valence-electron chi connectivity index (χ2n) is 7.01. The molecular formula is C19H20N4O2. The van der Waals surface area contributed by atoms with Crippen LogP contribution in [-0.4, -0.2) is 45.8 Å². The first kappa shape index (κ1) is 15.0. The first-order chi connectivity index (χ1) is 12.3. The van der Waals surface area contributed by atoms with Crippen LogP contribution in [0.3, 0.4) is 0 Å². The zero-order valence-electron chi connectivity index (χ0n) is 14.1. The van der Waals surface area contributed by atoms with Crippen LogP contribution >= 0.6 is 0 Å². The molecule has 0 unspecified atom stereocenters. The molecule has 0 amide bonds. The Morgan fingerprint density at radius 2 is 2.04 bits per heavy atom. The van der Waals surface area contributed by atoms with Crippen molar-refractivity contribution in [3.8, 4) is 0 Å². The molecule has 0 N–H and O–H groups in total. The first-order valence-corrected chi connectivity index (χ1v) is 8.75. The van der Waals surface area contributed by atoms with Crippen molar-refractivity contribution in [1.29, 1.82) is 0 Å². The van der Waals surface area contributed by atoms with Crippen LogP contribution in [0.25, 0.3) is 10.9 Å². The van der Waals surface area contributed by atoms with E-state index in [4.69, 9.17) is 14.2 Å². The minimum Gasteiger partial charge on any atom is -0.376 e. The van der Waals surface area contributed by atoms with E-state index in [9.17, 15) is 0 Å². The number of benzene rings is 1. The van der Waals surface area contributed by atoms with E-state index in [1.165, 1.54) is 5.39 Å². The van der Waals surface area contributed by atoms with E-state index < -0.39 is 0 Å². The number of hydrogen-bond donors (Lipinski definition) is 0. The van der Waals surface area contributed by atoms with Gasteiger partial charge in [-0.05, 0) is 19.1 Å². The number of nitrogens with zero attached hydrogens (tertiary/aromatic N) is 4. The van der Waals surface area contributed by atoms with E-state index in [0.29, 0.717) is 18.3 Å². The lowest BCUT2D eigenvalue weighted by molar-refractivity contribution is 0.0956. The van der Waals surface area contributed by atoms with E-state index >= 15 is 0 Å². The monoisotopic (exact) mass is 336 g/mol. The predicted molar refractivity (Wildman–Crippen MR) is 92.0 cm³/mol. The third kappa shape index (κ3) is 2.71. The van der Waals surface area contributed by atoms with Crippen molar-refractivity contribution in [1.82, 2.24) is 20.0 Å². The Morgan fingerprint density at radius 1 is 1.12 bits per heavy atom. The van der Waals surface area contributed by atoms with Crippen molar-refractivity contribution in [3.63, 3.8) is 0 Å². The van der Waals surface area contributed by atoms with Crippen molar-refractivity contribution in [3.05, 3.63) is 53.8 Å². The van der Waals surface area contributed by atoms with Crippen LogP contribution in [0.5, 0.6) is 0 Å². The molecule has 3 aromatic rings. The Morgan fingerprint density at radius 3 is 2.92 bits per heavy atom. The van der Waals surface area contributed by atoms with E-state index in [1.807, 2.05) is 19.1 Å². The van der Waals surface area contributed by atoms with Gasteiger partial charge in [-0.3, -0.25) is 9.88 Å². The van der Waals surface area contributed by atoms with Crippen molar-refractivity contribution >= 4 is 10.9 Å². The van der Waals surface area contributed by atoms with Crippen molar-refractivity contribution < 1.29 is 9.26 Å². The summed E-state index contributed by atoms with van der Waals surface area (Å²) in [6, 6.07) is 12.5. The number of ether oxygens (including phenoxy) is 1. The van der Waals surface area contributed by atoms with Crippen LogP contribution in [0.15, 0.2) is 40.9 Å². The molecule has 3 atom stereocenters. The Labute approximate surface area is 145 Å². The van der Waals surface area contributed by atoms with Gasteiger partial charge in [-0.25, -0.2) is 0 Å². The average Bonchev–Trinajstić information content (AvgIpc) is 3.30. The summed E-state index contributed by atoms with van der Waals surface area (Å²) in [5.74, 6) is 2.03. The smallest absolute Gasteiger partial charge is 0.232 e. The summed E-state index contributed by atoms with van der Waals surface area (Å²) in [4.78, 5) is 11.6. The molecule has 128 valence electrons. The van der Waals surface area contributed by atoms with Crippen LogP contribution in [-0.2, 0) is 11.3 Å². The van der Waals surface area contributed by atoms with Gasteiger partial charge in [-0.15, -0.1) is 0 Å². The predicted octanol–water partition coefficient (Wildman–Crippen LogP) is 2.54. The van der Waals surface area contributed by atoms with Crippen LogP contribution in [0.4, 0.5) is 0 Å². The van der Waals surface area contributed by atoms with Crippen molar-refractivity contribution in [2.24, 2.45) is 5.92 Å². The number of hydrogen-bond acceptors (Lipinski definition) is 6. The lowest BCUT2D eigenvalue weighted by Crippen LogP contribution is -2.24. The van der Waals surface area contributed by atoms with Crippen LogP contribution < -0.4 is 0 Å². The highest BCUT2D eigenvalue weighted by molar-refractivity contribution is 5.78. The zero-order valence-corrected chi connectivity index (χ0v) is 14.1. The minimum atomic E-state index is 0.209. The molecule has 1 aromatic carbocycles. The SMILES string of the molecule is Cc1noc([C@H]2CO[C@@H]3CN(Cc4ccc5ccccc5n4)C[C@H]23)n1. The van der Waals surface area contributed by atoms with Crippen LogP contribution in [0.2, 0.25) is 0 Å². The summed E-state index contributed by atoms with van der Waals surface area (Å²) >= 11 is 0.